The van der Waals surface area contributed by atoms with E-state index in [4.69, 9.17) is 0 Å². The van der Waals surface area contributed by atoms with Gasteiger partial charge in [0, 0.05) is 18.5 Å². The summed E-state index contributed by atoms with van der Waals surface area (Å²) in [6, 6.07) is 0. The smallest absolute Gasteiger partial charge is 0.0865 e. The maximum absolute atomic E-state index is 12.6. The van der Waals surface area contributed by atoms with Gasteiger partial charge in [0.25, 0.3) is 0 Å². The van der Waals surface area contributed by atoms with Crippen molar-refractivity contribution in [2.24, 2.45) is 5.41 Å². The topological polar surface area (TPSA) is 3.24 Å². The van der Waals surface area contributed by atoms with E-state index < -0.39 is 0 Å². The molecule has 2 heteroatoms. The van der Waals surface area contributed by atoms with Crippen molar-refractivity contribution in [2.75, 3.05) is 19.6 Å². The first-order valence-corrected chi connectivity index (χ1v) is 5.18. The van der Waals surface area contributed by atoms with Gasteiger partial charge in [0.2, 0.25) is 0 Å². The molecule has 13 heavy (non-hydrogen) atoms. The average Bonchev–Trinajstić information content (AvgIpc) is 2.17. The molecule has 0 bridgehead atoms. The van der Waals surface area contributed by atoms with Crippen molar-refractivity contribution in [1.29, 1.82) is 0 Å². The van der Waals surface area contributed by atoms with Crippen molar-refractivity contribution in [3.63, 3.8) is 0 Å². The first kappa shape index (κ1) is 10.7. The van der Waals surface area contributed by atoms with Crippen LogP contribution in [-0.4, -0.2) is 24.5 Å². The standard InChI is InChI=1S/C11H20FN/c1-4-11(3)9-13(5-2)7-6-10(11)8-12/h8H,4-7,9H2,1-3H3/b10-8+/t11-/m1/s1. The number of hydrogen-bond donors (Lipinski definition) is 0. The molecule has 76 valence electrons. The maximum atomic E-state index is 12.6. The summed E-state index contributed by atoms with van der Waals surface area (Å²) in [5.74, 6) is 0. The van der Waals surface area contributed by atoms with E-state index in [-0.39, 0.29) is 5.41 Å². The highest BCUT2D eigenvalue weighted by molar-refractivity contribution is 5.14. The molecule has 1 heterocycles. The summed E-state index contributed by atoms with van der Waals surface area (Å²) in [5, 5.41) is 0. The molecule has 1 aliphatic rings. The van der Waals surface area contributed by atoms with Crippen LogP contribution in [0.2, 0.25) is 0 Å². The van der Waals surface area contributed by atoms with E-state index in [2.05, 4.69) is 25.7 Å². The molecular weight excluding hydrogens is 165 g/mol. The normalized spacial score (nSPS) is 34.0. The number of nitrogens with zero attached hydrogens (tertiary/aromatic N) is 1. The van der Waals surface area contributed by atoms with Crippen molar-refractivity contribution < 1.29 is 4.39 Å². The number of piperidine rings is 1. The summed E-state index contributed by atoms with van der Waals surface area (Å²) in [4.78, 5) is 2.40. The molecule has 0 spiro atoms. The summed E-state index contributed by atoms with van der Waals surface area (Å²) in [7, 11) is 0. The lowest BCUT2D eigenvalue weighted by Gasteiger charge is -2.41. The van der Waals surface area contributed by atoms with Crippen LogP contribution in [0.5, 0.6) is 0 Å². The molecule has 0 radical (unpaired) electrons. The molecule has 0 aromatic carbocycles. The molecule has 1 aliphatic heterocycles. The number of likely N-dealkylation sites (tertiary alicyclic amines) is 1. The SMILES string of the molecule is CCN1CC/C(=C\F)[C@](C)(CC)C1. The highest BCUT2D eigenvalue weighted by Gasteiger charge is 2.33. The van der Waals surface area contributed by atoms with Crippen molar-refractivity contribution in [2.45, 2.75) is 33.6 Å². The maximum Gasteiger partial charge on any atom is 0.0865 e. The molecule has 1 fully saturated rings. The molecule has 1 saturated heterocycles. The zero-order chi connectivity index (χ0) is 9.90. The molecule has 0 amide bonds. The second kappa shape index (κ2) is 4.23. The molecular formula is C11H20FN. The van der Waals surface area contributed by atoms with Gasteiger partial charge in [0.05, 0.1) is 6.33 Å². The van der Waals surface area contributed by atoms with Gasteiger partial charge in [-0.15, -0.1) is 0 Å². The van der Waals surface area contributed by atoms with E-state index in [1.165, 1.54) is 0 Å². The third-order valence-corrected chi connectivity index (χ3v) is 3.40. The minimum absolute atomic E-state index is 0.0724. The van der Waals surface area contributed by atoms with Crippen LogP contribution in [-0.2, 0) is 0 Å². The van der Waals surface area contributed by atoms with Crippen LogP contribution in [0, 0.1) is 5.41 Å². The second-order valence-electron chi connectivity index (χ2n) is 4.17. The van der Waals surface area contributed by atoms with Gasteiger partial charge in [-0.25, -0.2) is 4.39 Å². The highest BCUT2D eigenvalue weighted by Crippen LogP contribution is 2.37. The average molecular weight is 185 g/mol. The van der Waals surface area contributed by atoms with E-state index in [1.807, 2.05) is 0 Å². The minimum atomic E-state index is 0.0724. The van der Waals surface area contributed by atoms with Gasteiger partial charge < -0.3 is 4.90 Å². The van der Waals surface area contributed by atoms with Gasteiger partial charge in [-0.2, -0.15) is 0 Å². The lowest BCUT2D eigenvalue weighted by molar-refractivity contribution is 0.154. The number of halogens is 1. The first-order valence-electron chi connectivity index (χ1n) is 5.18. The van der Waals surface area contributed by atoms with E-state index in [0.29, 0.717) is 0 Å². The van der Waals surface area contributed by atoms with Crippen LogP contribution < -0.4 is 0 Å². The molecule has 0 N–H and O–H groups in total. The molecule has 1 rings (SSSR count). The summed E-state index contributed by atoms with van der Waals surface area (Å²) >= 11 is 0. The molecule has 1 nitrogen and oxygen atoms in total. The van der Waals surface area contributed by atoms with Gasteiger partial charge in [-0.1, -0.05) is 20.8 Å². The predicted molar refractivity (Wildman–Crippen MR) is 54.3 cm³/mol. The fourth-order valence-electron chi connectivity index (χ4n) is 2.05. The quantitative estimate of drug-likeness (QED) is 0.639. The summed E-state index contributed by atoms with van der Waals surface area (Å²) in [6.07, 6.45) is 2.75. The molecule has 0 aliphatic carbocycles. The third kappa shape index (κ3) is 2.11. The molecule has 0 unspecified atom stereocenters. The Balaban J connectivity index is 2.74. The van der Waals surface area contributed by atoms with Crippen LogP contribution in [0.15, 0.2) is 11.9 Å². The summed E-state index contributed by atoms with van der Waals surface area (Å²) in [6.45, 7) is 9.58. The van der Waals surface area contributed by atoms with Crippen LogP contribution >= 0.6 is 0 Å². The Morgan fingerprint density at radius 2 is 2.23 bits per heavy atom. The van der Waals surface area contributed by atoms with Gasteiger partial charge in [-0.05, 0) is 25.0 Å². The van der Waals surface area contributed by atoms with Crippen molar-refractivity contribution in [3.8, 4) is 0 Å². The Bertz CT molecular complexity index is 200. The van der Waals surface area contributed by atoms with Crippen LogP contribution in [0.4, 0.5) is 4.39 Å². The second-order valence-corrected chi connectivity index (χ2v) is 4.17. The van der Waals surface area contributed by atoms with E-state index >= 15 is 0 Å². The van der Waals surface area contributed by atoms with Gasteiger partial charge in [0.15, 0.2) is 0 Å². The molecule has 0 saturated carbocycles. The first-order chi connectivity index (χ1) is 6.16. The van der Waals surface area contributed by atoms with Crippen LogP contribution in [0.1, 0.15) is 33.6 Å². The minimum Gasteiger partial charge on any atom is -0.302 e. The third-order valence-electron chi connectivity index (χ3n) is 3.40. The van der Waals surface area contributed by atoms with Crippen LogP contribution in [0.3, 0.4) is 0 Å². The van der Waals surface area contributed by atoms with Gasteiger partial charge >= 0.3 is 0 Å². The van der Waals surface area contributed by atoms with E-state index in [9.17, 15) is 4.39 Å². The summed E-state index contributed by atoms with van der Waals surface area (Å²) in [5.41, 5.74) is 1.07. The number of rotatable bonds is 2. The van der Waals surface area contributed by atoms with E-state index in [1.54, 1.807) is 0 Å². The summed E-state index contributed by atoms with van der Waals surface area (Å²) < 4.78 is 12.6. The van der Waals surface area contributed by atoms with Crippen molar-refractivity contribution >= 4 is 0 Å². The molecule has 0 aromatic heterocycles. The van der Waals surface area contributed by atoms with Crippen molar-refractivity contribution in [1.82, 2.24) is 4.90 Å². The fourth-order valence-corrected chi connectivity index (χ4v) is 2.05. The largest absolute Gasteiger partial charge is 0.302 e. The lowest BCUT2D eigenvalue weighted by atomic mass is 9.76. The fraction of sp³-hybridized carbons (Fsp3) is 0.818. The van der Waals surface area contributed by atoms with Crippen LogP contribution in [0.25, 0.3) is 0 Å². The Hall–Kier alpha value is -0.370. The lowest BCUT2D eigenvalue weighted by Crippen LogP contribution is -2.42. The zero-order valence-corrected chi connectivity index (χ0v) is 8.94. The van der Waals surface area contributed by atoms with Gasteiger partial charge in [-0.3, -0.25) is 0 Å². The highest BCUT2D eigenvalue weighted by atomic mass is 19.1. The predicted octanol–water partition coefficient (Wildman–Crippen LogP) is 2.98. The Labute approximate surface area is 80.6 Å². The monoisotopic (exact) mass is 185 g/mol. The van der Waals surface area contributed by atoms with Gasteiger partial charge in [0.1, 0.15) is 0 Å². The molecule has 0 aromatic rings. The molecule has 1 atom stereocenters. The van der Waals surface area contributed by atoms with Crippen molar-refractivity contribution in [3.05, 3.63) is 11.9 Å². The van der Waals surface area contributed by atoms with E-state index in [0.717, 1.165) is 44.4 Å². The Kier molecular flexibility index (Phi) is 3.48. The number of hydrogen-bond acceptors (Lipinski definition) is 1. The Morgan fingerprint density at radius 3 is 2.69 bits per heavy atom. The zero-order valence-electron chi connectivity index (χ0n) is 8.94. The Morgan fingerprint density at radius 1 is 1.54 bits per heavy atom.